The zero-order valence-electron chi connectivity index (χ0n) is 11.6. The molecule has 0 unspecified atom stereocenters. The predicted molar refractivity (Wildman–Crippen MR) is 85.8 cm³/mol. The van der Waals surface area contributed by atoms with Crippen LogP contribution in [-0.4, -0.2) is 23.4 Å². The van der Waals surface area contributed by atoms with Crippen LogP contribution in [-0.2, 0) is 4.79 Å². The van der Waals surface area contributed by atoms with Gasteiger partial charge in [-0.25, -0.2) is 0 Å². The Balaban J connectivity index is 1.78. The smallest absolute Gasteiger partial charge is 0.286 e. The quantitative estimate of drug-likeness (QED) is 0.706. The number of ether oxygens (including phenoxy) is 1. The molecule has 22 heavy (non-hydrogen) atoms. The number of nitrogens with one attached hydrogen (secondary N) is 3. The highest BCUT2D eigenvalue weighted by atomic mass is 79.9. The first kappa shape index (κ1) is 16.4. The van der Waals surface area contributed by atoms with Crippen LogP contribution in [0.15, 0.2) is 34.9 Å². The molecule has 0 spiro atoms. The van der Waals surface area contributed by atoms with E-state index in [4.69, 9.17) is 16.3 Å². The summed E-state index contributed by atoms with van der Waals surface area (Å²) >= 11 is 9.11. The van der Waals surface area contributed by atoms with Crippen LogP contribution >= 0.6 is 27.5 Å². The van der Waals surface area contributed by atoms with Crippen LogP contribution in [0.4, 0.5) is 0 Å². The normalized spacial score (nSPS) is 10.1. The van der Waals surface area contributed by atoms with Gasteiger partial charge in [0.2, 0.25) is 0 Å². The third kappa shape index (κ3) is 4.51. The molecule has 0 bridgehead atoms. The Kier molecular flexibility index (Phi) is 5.46. The number of aromatic amines is 1. The minimum Gasteiger partial charge on any atom is -0.484 e. The van der Waals surface area contributed by atoms with Gasteiger partial charge in [-0.1, -0.05) is 11.6 Å². The molecule has 0 aliphatic rings. The molecule has 2 aromatic rings. The van der Waals surface area contributed by atoms with E-state index in [2.05, 4.69) is 31.8 Å². The lowest BCUT2D eigenvalue weighted by molar-refractivity contribution is -0.123. The lowest BCUT2D eigenvalue weighted by atomic mass is 10.2. The molecule has 0 fully saturated rings. The molecule has 6 nitrogen and oxygen atoms in total. The first-order valence-electron chi connectivity index (χ1n) is 6.28. The maximum atomic E-state index is 11.7. The fourth-order valence-corrected chi connectivity index (χ4v) is 2.05. The minimum atomic E-state index is -0.480. The van der Waals surface area contributed by atoms with Gasteiger partial charge in [0.05, 0.1) is 0 Å². The highest BCUT2D eigenvalue weighted by molar-refractivity contribution is 9.10. The third-order valence-corrected chi connectivity index (χ3v) is 3.59. The van der Waals surface area contributed by atoms with Gasteiger partial charge in [0, 0.05) is 15.7 Å². The van der Waals surface area contributed by atoms with Gasteiger partial charge in [0.15, 0.2) is 6.61 Å². The summed E-state index contributed by atoms with van der Waals surface area (Å²) < 4.78 is 6.05. The molecule has 0 atom stereocenters. The second kappa shape index (κ2) is 7.33. The molecular formula is C14H13BrClN3O3. The number of halogens is 2. The van der Waals surface area contributed by atoms with Gasteiger partial charge < -0.3 is 9.72 Å². The molecule has 0 radical (unpaired) electrons. The Labute approximate surface area is 140 Å². The van der Waals surface area contributed by atoms with Crippen molar-refractivity contribution in [2.24, 2.45) is 0 Å². The van der Waals surface area contributed by atoms with E-state index >= 15 is 0 Å². The molecule has 2 rings (SSSR count). The zero-order chi connectivity index (χ0) is 16.1. The van der Waals surface area contributed by atoms with Crippen molar-refractivity contribution in [1.82, 2.24) is 15.8 Å². The van der Waals surface area contributed by atoms with E-state index in [0.29, 0.717) is 16.5 Å². The summed E-state index contributed by atoms with van der Waals surface area (Å²) in [5, 5.41) is 0.626. The summed E-state index contributed by atoms with van der Waals surface area (Å²) in [6.45, 7) is 1.61. The average molecular weight is 387 g/mol. The maximum Gasteiger partial charge on any atom is 0.286 e. The van der Waals surface area contributed by atoms with Crippen LogP contribution in [0, 0.1) is 6.92 Å². The summed E-state index contributed by atoms with van der Waals surface area (Å²) in [5.41, 5.74) is 5.71. The van der Waals surface area contributed by atoms with E-state index in [1.807, 2.05) is 6.92 Å². The molecule has 2 amide bonds. The number of carbonyl (C=O) groups excluding carboxylic acids is 2. The van der Waals surface area contributed by atoms with Crippen molar-refractivity contribution in [2.45, 2.75) is 6.92 Å². The molecular weight excluding hydrogens is 374 g/mol. The second-order valence-electron chi connectivity index (χ2n) is 4.43. The number of aromatic nitrogens is 1. The van der Waals surface area contributed by atoms with Gasteiger partial charge in [-0.3, -0.25) is 20.4 Å². The number of benzene rings is 1. The third-order valence-electron chi connectivity index (χ3n) is 2.71. The first-order chi connectivity index (χ1) is 10.5. The molecule has 8 heteroatoms. The number of hydrogen-bond donors (Lipinski definition) is 3. The summed E-state index contributed by atoms with van der Waals surface area (Å²) in [6.07, 6.45) is 1.61. The first-order valence-corrected chi connectivity index (χ1v) is 7.45. The van der Waals surface area contributed by atoms with E-state index in [-0.39, 0.29) is 6.61 Å². The SMILES string of the molecule is Cc1cc(OCC(=O)NNC(=O)c2cc(Br)c[nH]2)ccc1Cl. The van der Waals surface area contributed by atoms with Crippen molar-refractivity contribution >= 4 is 39.3 Å². The van der Waals surface area contributed by atoms with Gasteiger partial charge in [-0.2, -0.15) is 0 Å². The molecule has 1 aromatic carbocycles. The van der Waals surface area contributed by atoms with Crippen molar-refractivity contribution in [1.29, 1.82) is 0 Å². The summed E-state index contributed by atoms with van der Waals surface area (Å²) in [6, 6.07) is 6.67. The minimum absolute atomic E-state index is 0.226. The summed E-state index contributed by atoms with van der Waals surface area (Å²) in [7, 11) is 0. The Hall–Kier alpha value is -1.99. The number of hydrazine groups is 1. The van der Waals surface area contributed by atoms with E-state index in [0.717, 1.165) is 10.0 Å². The zero-order valence-corrected chi connectivity index (χ0v) is 13.9. The van der Waals surface area contributed by atoms with Gasteiger partial charge in [-0.05, 0) is 52.7 Å². The monoisotopic (exact) mass is 385 g/mol. The van der Waals surface area contributed by atoms with E-state index in [1.54, 1.807) is 30.5 Å². The summed E-state index contributed by atoms with van der Waals surface area (Å²) in [5.74, 6) is -0.412. The standard InChI is InChI=1S/C14H13BrClN3O3/c1-8-4-10(2-3-11(8)16)22-7-13(20)18-19-14(21)12-5-9(15)6-17-12/h2-6,17H,7H2,1H3,(H,18,20)(H,19,21). The topological polar surface area (TPSA) is 83.2 Å². The van der Waals surface area contributed by atoms with Crippen molar-refractivity contribution in [3.8, 4) is 5.75 Å². The molecule has 0 saturated heterocycles. The summed E-state index contributed by atoms with van der Waals surface area (Å²) in [4.78, 5) is 26.0. The lowest BCUT2D eigenvalue weighted by Gasteiger charge is -2.09. The predicted octanol–water partition coefficient (Wildman–Crippen LogP) is 2.58. The van der Waals surface area contributed by atoms with Crippen molar-refractivity contribution < 1.29 is 14.3 Å². The number of amides is 2. The largest absolute Gasteiger partial charge is 0.484 e. The van der Waals surface area contributed by atoms with E-state index in [1.165, 1.54) is 0 Å². The number of hydrogen-bond acceptors (Lipinski definition) is 3. The van der Waals surface area contributed by atoms with Crippen molar-refractivity contribution in [3.63, 3.8) is 0 Å². The van der Waals surface area contributed by atoms with Crippen LogP contribution in [0.5, 0.6) is 5.75 Å². The second-order valence-corrected chi connectivity index (χ2v) is 5.76. The Morgan fingerprint density at radius 1 is 1.32 bits per heavy atom. The maximum absolute atomic E-state index is 11.7. The van der Waals surface area contributed by atoms with Crippen LogP contribution in [0.2, 0.25) is 5.02 Å². The van der Waals surface area contributed by atoms with Gasteiger partial charge in [0.25, 0.3) is 11.8 Å². The Bertz CT molecular complexity index is 702. The fourth-order valence-electron chi connectivity index (χ4n) is 1.58. The van der Waals surface area contributed by atoms with Gasteiger partial charge in [-0.15, -0.1) is 0 Å². The molecule has 116 valence electrons. The molecule has 0 aliphatic carbocycles. The number of rotatable bonds is 4. The van der Waals surface area contributed by atoms with Crippen LogP contribution in [0.3, 0.4) is 0 Å². The number of H-pyrrole nitrogens is 1. The van der Waals surface area contributed by atoms with E-state index < -0.39 is 11.8 Å². The average Bonchev–Trinajstić information content (AvgIpc) is 2.92. The lowest BCUT2D eigenvalue weighted by Crippen LogP contribution is -2.43. The molecule has 1 aromatic heterocycles. The van der Waals surface area contributed by atoms with Crippen LogP contribution < -0.4 is 15.6 Å². The molecule has 1 heterocycles. The Morgan fingerprint density at radius 2 is 2.09 bits per heavy atom. The highest BCUT2D eigenvalue weighted by Gasteiger charge is 2.09. The van der Waals surface area contributed by atoms with Crippen molar-refractivity contribution in [3.05, 3.63) is 51.2 Å². The van der Waals surface area contributed by atoms with Crippen LogP contribution in [0.1, 0.15) is 16.1 Å². The van der Waals surface area contributed by atoms with Crippen molar-refractivity contribution in [2.75, 3.05) is 6.61 Å². The van der Waals surface area contributed by atoms with Crippen LogP contribution in [0.25, 0.3) is 0 Å². The molecule has 0 aliphatic heterocycles. The number of carbonyl (C=O) groups is 2. The van der Waals surface area contributed by atoms with Gasteiger partial charge in [0.1, 0.15) is 11.4 Å². The number of aryl methyl sites for hydroxylation is 1. The molecule has 3 N–H and O–H groups in total. The Morgan fingerprint density at radius 3 is 2.73 bits per heavy atom. The van der Waals surface area contributed by atoms with E-state index in [9.17, 15) is 9.59 Å². The van der Waals surface area contributed by atoms with Gasteiger partial charge >= 0.3 is 0 Å². The molecule has 0 saturated carbocycles. The highest BCUT2D eigenvalue weighted by Crippen LogP contribution is 2.20. The fraction of sp³-hybridized carbons (Fsp3) is 0.143.